The van der Waals surface area contributed by atoms with Crippen molar-refractivity contribution in [2.45, 2.75) is 45.3 Å². The van der Waals surface area contributed by atoms with Crippen LogP contribution >= 0.6 is 0 Å². The molecule has 0 aromatic carbocycles. The highest BCUT2D eigenvalue weighted by Crippen LogP contribution is 2.21. The van der Waals surface area contributed by atoms with Crippen LogP contribution in [0.25, 0.3) is 0 Å². The molecule has 0 saturated heterocycles. The maximum atomic E-state index is 12.2. The Morgan fingerprint density at radius 2 is 2.06 bits per heavy atom. The molecule has 1 aromatic rings. The van der Waals surface area contributed by atoms with E-state index < -0.39 is 10.0 Å². The minimum atomic E-state index is -3.56. The van der Waals surface area contributed by atoms with Gasteiger partial charge in [-0.2, -0.15) is 5.10 Å². The number of rotatable bonds is 5. The Labute approximate surface area is 109 Å². The number of aromatic amines is 1. The number of hydrogen-bond donors (Lipinski definition) is 3. The summed E-state index contributed by atoms with van der Waals surface area (Å²) in [5.41, 5.74) is 0.488. The fourth-order valence-electron chi connectivity index (χ4n) is 1.32. The molecule has 0 aliphatic carbocycles. The Hall–Kier alpha value is -0.920. The molecule has 1 heterocycles. The van der Waals surface area contributed by atoms with Crippen LogP contribution in [0, 0.1) is 5.41 Å². The van der Waals surface area contributed by atoms with Gasteiger partial charge >= 0.3 is 0 Å². The Morgan fingerprint density at radius 3 is 2.56 bits per heavy atom. The number of sulfonamides is 1. The second-order valence-electron chi connectivity index (χ2n) is 5.46. The molecule has 3 N–H and O–H groups in total. The summed E-state index contributed by atoms with van der Waals surface area (Å²) < 4.78 is 27.1. The average molecular weight is 274 g/mol. The molecule has 0 amide bonds. The van der Waals surface area contributed by atoms with Gasteiger partial charge in [0.2, 0.25) is 0 Å². The van der Waals surface area contributed by atoms with Gasteiger partial charge in [0.1, 0.15) is 0 Å². The van der Waals surface area contributed by atoms with Gasteiger partial charge in [0.25, 0.3) is 10.0 Å². The van der Waals surface area contributed by atoms with Crippen molar-refractivity contribution in [3.63, 3.8) is 0 Å². The van der Waals surface area contributed by atoms with Crippen LogP contribution in [-0.2, 0) is 16.6 Å². The molecule has 6 nitrogen and oxygen atoms in total. The van der Waals surface area contributed by atoms with Crippen molar-refractivity contribution in [3.8, 4) is 0 Å². The summed E-state index contributed by atoms with van der Waals surface area (Å²) in [4.78, 5) is 0. The fraction of sp³-hybridized carbons (Fsp3) is 0.727. The molecular formula is C11H22N4O2S. The van der Waals surface area contributed by atoms with E-state index in [1.807, 2.05) is 27.7 Å². The first kappa shape index (κ1) is 15.1. The summed E-state index contributed by atoms with van der Waals surface area (Å²) in [5, 5.41) is 9.39. The molecule has 0 aliphatic heterocycles. The molecule has 7 heteroatoms. The van der Waals surface area contributed by atoms with E-state index in [0.717, 1.165) is 0 Å². The van der Waals surface area contributed by atoms with E-state index in [9.17, 15) is 8.42 Å². The second kappa shape index (κ2) is 5.38. The van der Waals surface area contributed by atoms with Crippen molar-refractivity contribution in [2.75, 3.05) is 7.05 Å². The molecule has 0 aliphatic rings. The molecule has 1 aromatic heterocycles. The van der Waals surface area contributed by atoms with E-state index in [0.29, 0.717) is 12.1 Å². The monoisotopic (exact) mass is 274 g/mol. The molecular weight excluding hydrogens is 252 g/mol. The maximum absolute atomic E-state index is 12.2. The molecule has 1 unspecified atom stereocenters. The third kappa shape index (κ3) is 3.54. The van der Waals surface area contributed by atoms with E-state index in [1.54, 1.807) is 7.05 Å². The first-order valence-electron chi connectivity index (χ1n) is 5.87. The second-order valence-corrected chi connectivity index (χ2v) is 7.11. The highest BCUT2D eigenvalue weighted by Gasteiger charge is 2.28. The highest BCUT2D eigenvalue weighted by molar-refractivity contribution is 7.89. The van der Waals surface area contributed by atoms with Crippen molar-refractivity contribution in [3.05, 3.63) is 11.8 Å². The van der Waals surface area contributed by atoms with Crippen LogP contribution in [0.15, 0.2) is 11.2 Å². The van der Waals surface area contributed by atoms with Crippen LogP contribution in [0.4, 0.5) is 0 Å². The molecule has 0 fully saturated rings. The zero-order chi connectivity index (χ0) is 14.0. The zero-order valence-electron chi connectivity index (χ0n) is 11.5. The summed E-state index contributed by atoms with van der Waals surface area (Å²) >= 11 is 0. The Kier molecular flexibility index (Phi) is 4.52. The number of hydrogen-bond acceptors (Lipinski definition) is 4. The maximum Gasteiger partial charge on any atom is 0.258 e. The van der Waals surface area contributed by atoms with Crippen LogP contribution in [-0.4, -0.2) is 31.7 Å². The lowest BCUT2D eigenvalue weighted by Crippen LogP contribution is -2.41. The molecule has 1 atom stereocenters. The average Bonchev–Trinajstić information content (AvgIpc) is 2.65. The molecule has 0 spiro atoms. The SMILES string of the molecule is CNCc1cn[nH]c1S(=O)(=O)NC(C)C(C)(C)C. The quantitative estimate of drug-likeness (QED) is 0.742. The van der Waals surface area contributed by atoms with Gasteiger partial charge in [0.05, 0.1) is 6.20 Å². The number of nitrogens with zero attached hydrogens (tertiary/aromatic N) is 1. The Balaban J connectivity index is 2.96. The van der Waals surface area contributed by atoms with Crippen molar-refractivity contribution >= 4 is 10.0 Å². The molecule has 18 heavy (non-hydrogen) atoms. The van der Waals surface area contributed by atoms with Crippen molar-refractivity contribution in [1.29, 1.82) is 0 Å². The van der Waals surface area contributed by atoms with Crippen LogP contribution < -0.4 is 10.0 Å². The van der Waals surface area contributed by atoms with E-state index in [2.05, 4.69) is 20.2 Å². The van der Waals surface area contributed by atoms with Gasteiger partial charge in [-0.3, -0.25) is 5.10 Å². The third-order valence-corrected chi connectivity index (χ3v) is 4.50. The van der Waals surface area contributed by atoms with Crippen molar-refractivity contribution in [1.82, 2.24) is 20.2 Å². The molecule has 1 rings (SSSR count). The lowest BCUT2D eigenvalue weighted by molar-refractivity contribution is 0.317. The predicted octanol–water partition coefficient (Wildman–Crippen LogP) is 0.842. The van der Waals surface area contributed by atoms with E-state index in [-0.39, 0.29) is 16.5 Å². The minimum absolute atomic E-state index is 0.132. The summed E-state index contributed by atoms with van der Waals surface area (Å²) in [6, 6.07) is -0.173. The lowest BCUT2D eigenvalue weighted by atomic mass is 9.89. The van der Waals surface area contributed by atoms with Gasteiger partial charge < -0.3 is 5.32 Å². The number of H-pyrrole nitrogens is 1. The molecule has 0 radical (unpaired) electrons. The number of nitrogens with one attached hydrogen (secondary N) is 3. The topological polar surface area (TPSA) is 86.9 Å². The van der Waals surface area contributed by atoms with E-state index in [4.69, 9.17) is 0 Å². The Bertz CT molecular complexity index is 487. The zero-order valence-corrected chi connectivity index (χ0v) is 12.4. The van der Waals surface area contributed by atoms with Gasteiger partial charge in [0.15, 0.2) is 5.03 Å². The van der Waals surface area contributed by atoms with Gasteiger partial charge in [-0.1, -0.05) is 20.8 Å². The normalized spacial score (nSPS) is 14.7. The predicted molar refractivity (Wildman–Crippen MR) is 70.6 cm³/mol. The smallest absolute Gasteiger partial charge is 0.258 e. The summed E-state index contributed by atoms with van der Waals surface area (Å²) in [7, 11) is -1.80. The van der Waals surface area contributed by atoms with E-state index >= 15 is 0 Å². The van der Waals surface area contributed by atoms with E-state index in [1.165, 1.54) is 6.20 Å². The van der Waals surface area contributed by atoms with Crippen molar-refractivity contribution < 1.29 is 8.42 Å². The standard InChI is InChI=1S/C11H22N4O2S/c1-8(11(2,3)4)15-18(16,17)10-9(6-12-5)7-13-14-10/h7-8,12,15H,6H2,1-5H3,(H,13,14). The summed E-state index contributed by atoms with van der Waals surface area (Å²) in [6.07, 6.45) is 1.52. The summed E-state index contributed by atoms with van der Waals surface area (Å²) in [5.74, 6) is 0. The van der Waals surface area contributed by atoms with Gasteiger partial charge in [-0.05, 0) is 19.4 Å². The van der Waals surface area contributed by atoms with Crippen LogP contribution in [0.5, 0.6) is 0 Å². The van der Waals surface area contributed by atoms with Gasteiger partial charge in [0, 0.05) is 18.2 Å². The van der Waals surface area contributed by atoms with Gasteiger partial charge in [-0.15, -0.1) is 0 Å². The van der Waals surface area contributed by atoms with Gasteiger partial charge in [-0.25, -0.2) is 13.1 Å². The molecule has 104 valence electrons. The fourth-order valence-corrected chi connectivity index (χ4v) is 2.90. The first-order chi connectivity index (χ1) is 8.18. The molecule has 0 saturated carbocycles. The van der Waals surface area contributed by atoms with Crippen molar-refractivity contribution in [2.24, 2.45) is 5.41 Å². The Morgan fingerprint density at radius 1 is 1.44 bits per heavy atom. The number of aromatic nitrogens is 2. The van der Waals surface area contributed by atoms with Crippen LogP contribution in [0.3, 0.4) is 0 Å². The molecule has 0 bridgehead atoms. The van der Waals surface area contributed by atoms with Crippen LogP contribution in [0.1, 0.15) is 33.3 Å². The lowest BCUT2D eigenvalue weighted by Gasteiger charge is -2.27. The third-order valence-electron chi connectivity index (χ3n) is 2.95. The summed E-state index contributed by atoms with van der Waals surface area (Å²) in [6.45, 7) is 8.27. The first-order valence-corrected chi connectivity index (χ1v) is 7.36. The van der Waals surface area contributed by atoms with Crippen LogP contribution in [0.2, 0.25) is 0 Å². The largest absolute Gasteiger partial charge is 0.316 e. The minimum Gasteiger partial charge on any atom is -0.316 e. The highest BCUT2D eigenvalue weighted by atomic mass is 32.2.